The number of aliphatic hydroxyl groups is 1. The van der Waals surface area contributed by atoms with Gasteiger partial charge in [-0.3, -0.25) is 4.90 Å². The maximum absolute atomic E-state index is 13.1. The molecule has 0 radical (unpaired) electrons. The maximum atomic E-state index is 13.1. The Kier molecular flexibility index (Phi) is 6.90. The Morgan fingerprint density at radius 3 is 1.77 bits per heavy atom. The average Bonchev–Trinajstić information content (AvgIpc) is 2.80. The summed E-state index contributed by atoms with van der Waals surface area (Å²) in [4.78, 5) is 4.97. The van der Waals surface area contributed by atoms with Crippen LogP contribution in [0.1, 0.15) is 35.3 Å². The number of nitrogens with zero attached hydrogens (tertiary/aromatic N) is 2. The van der Waals surface area contributed by atoms with Crippen molar-refractivity contribution in [3.8, 4) is 0 Å². The first kappa shape index (κ1) is 20.7. The van der Waals surface area contributed by atoms with E-state index in [1.54, 1.807) is 12.1 Å². The summed E-state index contributed by atoms with van der Waals surface area (Å²) in [6, 6.07) is 27.8. The lowest BCUT2D eigenvalue weighted by Crippen LogP contribution is -2.48. The molecule has 1 aliphatic rings. The fourth-order valence-corrected chi connectivity index (χ4v) is 4.29. The second-order valence-corrected chi connectivity index (χ2v) is 7.96. The van der Waals surface area contributed by atoms with Crippen molar-refractivity contribution in [2.24, 2.45) is 0 Å². The largest absolute Gasteiger partial charge is 0.388 e. The fourth-order valence-electron chi connectivity index (χ4n) is 4.29. The van der Waals surface area contributed by atoms with Gasteiger partial charge in [0, 0.05) is 32.7 Å². The number of benzene rings is 3. The first-order chi connectivity index (χ1) is 14.7. The van der Waals surface area contributed by atoms with Crippen LogP contribution in [0.2, 0.25) is 0 Å². The molecule has 1 fully saturated rings. The molecule has 1 heterocycles. The van der Waals surface area contributed by atoms with Crippen molar-refractivity contribution in [1.82, 2.24) is 9.80 Å². The van der Waals surface area contributed by atoms with E-state index in [0.717, 1.165) is 38.3 Å². The summed E-state index contributed by atoms with van der Waals surface area (Å²) in [6.07, 6.45) is 0.108. The highest BCUT2D eigenvalue weighted by Crippen LogP contribution is 2.29. The van der Waals surface area contributed by atoms with E-state index in [1.807, 2.05) is 0 Å². The van der Waals surface area contributed by atoms with Gasteiger partial charge < -0.3 is 10.0 Å². The van der Waals surface area contributed by atoms with Gasteiger partial charge >= 0.3 is 0 Å². The molecule has 1 N–H and O–H groups in total. The molecule has 0 aromatic heterocycles. The molecule has 4 heteroatoms. The van der Waals surface area contributed by atoms with Gasteiger partial charge in [-0.25, -0.2) is 4.39 Å². The van der Waals surface area contributed by atoms with E-state index in [2.05, 4.69) is 70.5 Å². The summed E-state index contributed by atoms with van der Waals surface area (Å²) in [5.41, 5.74) is 3.43. The number of piperazine rings is 1. The number of rotatable bonds is 7. The van der Waals surface area contributed by atoms with E-state index in [0.29, 0.717) is 6.42 Å². The third-order valence-electron chi connectivity index (χ3n) is 5.98. The molecule has 1 unspecified atom stereocenters. The van der Waals surface area contributed by atoms with E-state index in [1.165, 1.54) is 23.3 Å². The van der Waals surface area contributed by atoms with Gasteiger partial charge in [0.15, 0.2) is 0 Å². The molecule has 30 heavy (non-hydrogen) atoms. The minimum absolute atomic E-state index is 0.263. The van der Waals surface area contributed by atoms with Crippen molar-refractivity contribution in [3.63, 3.8) is 0 Å². The Morgan fingerprint density at radius 1 is 0.700 bits per heavy atom. The summed E-state index contributed by atoms with van der Waals surface area (Å²) in [7, 11) is 0. The number of hydrogen-bond donors (Lipinski definition) is 1. The van der Waals surface area contributed by atoms with E-state index in [9.17, 15) is 9.50 Å². The Balaban J connectivity index is 1.36. The minimum atomic E-state index is -0.551. The molecule has 0 amide bonds. The molecule has 0 aliphatic carbocycles. The maximum Gasteiger partial charge on any atom is 0.123 e. The molecule has 3 aromatic rings. The molecular formula is C26H29FN2O. The Labute approximate surface area is 178 Å². The summed E-state index contributed by atoms with van der Waals surface area (Å²) >= 11 is 0. The van der Waals surface area contributed by atoms with Gasteiger partial charge in [-0.1, -0.05) is 72.8 Å². The first-order valence-electron chi connectivity index (χ1n) is 10.7. The third-order valence-corrected chi connectivity index (χ3v) is 5.98. The van der Waals surface area contributed by atoms with Crippen LogP contribution in [-0.4, -0.2) is 47.6 Å². The molecule has 1 saturated heterocycles. The van der Waals surface area contributed by atoms with Crippen LogP contribution in [0.15, 0.2) is 84.9 Å². The van der Waals surface area contributed by atoms with Gasteiger partial charge in [0.2, 0.25) is 0 Å². The van der Waals surface area contributed by atoms with E-state index >= 15 is 0 Å². The van der Waals surface area contributed by atoms with Gasteiger partial charge in [0.05, 0.1) is 12.1 Å². The quantitative estimate of drug-likeness (QED) is 0.621. The SMILES string of the molecule is OC(CCN1CCN(C(c2ccccc2)c2ccccc2)CC1)c1ccc(F)cc1. The lowest BCUT2D eigenvalue weighted by molar-refractivity contribution is 0.0886. The van der Waals surface area contributed by atoms with Crippen LogP contribution in [0.5, 0.6) is 0 Å². The number of aliphatic hydroxyl groups excluding tert-OH is 1. The zero-order valence-corrected chi connectivity index (χ0v) is 17.2. The molecule has 0 bridgehead atoms. The molecule has 156 valence electrons. The Hall–Kier alpha value is -2.53. The second kappa shape index (κ2) is 9.98. The molecule has 4 rings (SSSR count). The zero-order chi connectivity index (χ0) is 20.8. The smallest absolute Gasteiger partial charge is 0.123 e. The lowest BCUT2D eigenvalue weighted by atomic mass is 9.96. The van der Waals surface area contributed by atoms with Gasteiger partial charge in [-0.2, -0.15) is 0 Å². The Bertz CT molecular complexity index is 854. The van der Waals surface area contributed by atoms with Crippen LogP contribution >= 0.6 is 0 Å². The Morgan fingerprint density at radius 2 is 1.23 bits per heavy atom. The van der Waals surface area contributed by atoms with Crippen molar-refractivity contribution in [1.29, 1.82) is 0 Å². The van der Waals surface area contributed by atoms with Gasteiger partial charge in [-0.15, -0.1) is 0 Å². The molecule has 1 aliphatic heterocycles. The lowest BCUT2D eigenvalue weighted by Gasteiger charge is -2.40. The average molecular weight is 405 g/mol. The van der Waals surface area contributed by atoms with Gasteiger partial charge in [-0.05, 0) is 35.2 Å². The van der Waals surface area contributed by atoms with Crippen molar-refractivity contribution < 1.29 is 9.50 Å². The van der Waals surface area contributed by atoms with Crippen LogP contribution in [0, 0.1) is 5.82 Å². The second-order valence-electron chi connectivity index (χ2n) is 7.96. The number of halogens is 1. The van der Waals surface area contributed by atoms with Crippen LogP contribution in [0.4, 0.5) is 4.39 Å². The summed E-state index contributed by atoms with van der Waals surface area (Å²) in [6.45, 7) is 4.77. The predicted molar refractivity (Wildman–Crippen MR) is 119 cm³/mol. The van der Waals surface area contributed by atoms with Gasteiger partial charge in [0.1, 0.15) is 5.82 Å². The fraction of sp³-hybridized carbons (Fsp3) is 0.308. The highest BCUT2D eigenvalue weighted by Gasteiger charge is 2.26. The van der Waals surface area contributed by atoms with Crippen molar-refractivity contribution >= 4 is 0 Å². The summed E-state index contributed by atoms with van der Waals surface area (Å²) in [5, 5.41) is 10.4. The summed E-state index contributed by atoms with van der Waals surface area (Å²) in [5.74, 6) is -0.270. The predicted octanol–water partition coefficient (Wildman–Crippen LogP) is 4.66. The summed E-state index contributed by atoms with van der Waals surface area (Å²) < 4.78 is 13.1. The molecule has 1 atom stereocenters. The van der Waals surface area contributed by atoms with Crippen molar-refractivity contribution in [2.75, 3.05) is 32.7 Å². The molecular weight excluding hydrogens is 375 g/mol. The van der Waals surface area contributed by atoms with Crippen molar-refractivity contribution in [3.05, 3.63) is 107 Å². The minimum Gasteiger partial charge on any atom is -0.388 e. The van der Waals surface area contributed by atoms with E-state index in [-0.39, 0.29) is 11.9 Å². The van der Waals surface area contributed by atoms with E-state index in [4.69, 9.17) is 0 Å². The van der Waals surface area contributed by atoms with Crippen LogP contribution < -0.4 is 0 Å². The highest BCUT2D eigenvalue weighted by molar-refractivity contribution is 5.32. The third kappa shape index (κ3) is 5.14. The molecule has 0 spiro atoms. The normalized spacial score (nSPS) is 16.6. The van der Waals surface area contributed by atoms with Gasteiger partial charge in [0.25, 0.3) is 0 Å². The monoisotopic (exact) mass is 404 g/mol. The van der Waals surface area contributed by atoms with Crippen LogP contribution in [0.3, 0.4) is 0 Å². The highest BCUT2D eigenvalue weighted by atomic mass is 19.1. The topological polar surface area (TPSA) is 26.7 Å². The van der Waals surface area contributed by atoms with Crippen LogP contribution in [-0.2, 0) is 0 Å². The van der Waals surface area contributed by atoms with E-state index < -0.39 is 6.10 Å². The standard InChI is InChI=1S/C26H29FN2O/c27-24-13-11-21(12-14-24)25(30)15-16-28-17-19-29(20-18-28)26(22-7-3-1-4-8-22)23-9-5-2-6-10-23/h1-14,25-26,30H,15-20H2. The van der Waals surface area contributed by atoms with Crippen LogP contribution in [0.25, 0.3) is 0 Å². The molecule has 0 saturated carbocycles. The zero-order valence-electron chi connectivity index (χ0n) is 17.2. The first-order valence-corrected chi connectivity index (χ1v) is 10.7. The molecule has 3 aromatic carbocycles. The number of hydrogen-bond acceptors (Lipinski definition) is 3. The van der Waals surface area contributed by atoms with Crippen molar-refractivity contribution in [2.45, 2.75) is 18.6 Å². The molecule has 3 nitrogen and oxygen atoms in total.